The molecule has 0 atom stereocenters. The second kappa shape index (κ2) is 5.88. The van der Waals surface area contributed by atoms with Crippen LogP contribution in [0.2, 0.25) is 0 Å². The van der Waals surface area contributed by atoms with E-state index in [0.717, 1.165) is 6.07 Å². The average molecular weight is 223 g/mol. The molecule has 0 spiro atoms. The Kier molecular flexibility index (Phi) is 4.48. The molecule has 0 N–H and O–H groups in total. The van der Waals surface area contributed by atoms with E-state index in [2.05, 4.69) is 10.0 Å². The summed E-state index contributed by atoms with van der Waals surface area (Å²) in [5.41, 5.74) is 8.76. The van der Waals surface area contributed by atoms with E-state index in [1.807, 2.05) is 0 Å². The van der Waals surface area contributed by atoms with Gasteiger partial charge in [0.2, 0.25) is 0 Å². The van der Waals surface area contributed by atoms with Gasteiger partial charge >= 0.3 is 0 Å². The molecule has 5 heteroatoms. The highest BCUT2D eigenvalue weighted by Crippen LogP contribution is 2.15. The Labute approximate surface area is 92.0 Å². The summed E-state index contributed by atoms with van der Waals surface area (Å²) in [5, 5.41) is 3.33. The molecule has 1 rings (SSSR count). The first kappa shape index (κ1) is 12.2. The van der Waals surface area contributed by atoms with Crippen LogP contribution >= 0.6 is 0 Å². The lowest BCUT2D eigenvalue weighted by molar-refractivity contribution is 0.576. The van der Waals surface area contributed by atoms with E-state index in [-0.39, 0.29) is 0 Å². The Morgan fingerprint density at radius 1 is 1.38 bits per heavy atom. The van der Waals surface area contributed by atoms with Crippen LogP contribution in [0.1, 0.15) is 17.5 Å². The van der Waals surface area contributed by atoms with Gasteiger partial charge in [-0.15, -0.1) is 0 Å². The van der Waals surface area contributed by atoms with Crippen molar-refractivity contribution in [3.05, 3.63) is 51.4 Å². The minimum absolute atomic E-state index is 0.328. The molecular weight excluding hydrogens is 212 g/mol. The molecule has 0 fully saturated rings. The van der Waals surface area contributed by atoms with Crippen LogP contribution in [0.4, 0.5) is 8.78 Å². The molecule has 1 aromatic rings. The van der Waals surface area contributed by atoms with Gasteiger partial charge in [0.1, 0.15) is 11.6 Å². The molecule has 3 nitrogen and oxygen atoms in total. The van der Waals surface area contributed by atoms with Crippen molar-refractivity contribution in [1.82, 2.24) is 0 Å². The summed E-state index contributed by atoms with van der Waals surface area (Å²) >= 11 is 0. The van der Waals surface area contributed by atoms with Crippen LogP contribution in [-0.2, 0) is 0 Å². The van der Waals surface area contributed by atoms with Crippen molar-refractivity contribution in [2.45, 2.75) is 13.3 Å². The molecule has 0 aliphatic rings. The molecule has 0 unspecified atom stereocenters. The fourth-order valence-electron chi connectivity index (χ4n) is 1.19. The number of nitrogens with zero attached hydrogens (tertiary/aromatic N) is 3. The van der Waals surface area contributed by atoms with E-state index in [4.69, 9.17) is 5.53 Å². The molecule has 16 heavy (non-hydrogen) atoms. The SMILES string of the molecule is Cc1cc(C=CCCN=[N+]=[N-])c(F)cc1F. The van der Waals surface area contributed by atoms with E-state index in [9.17, 15) is 8.78 Å². The van der Waals surface area contributed by atoms with Gasteiger partial charge in [0.15, 0.2) is 0 Å². The van der Waals surface area contributed by atoms with Gasteiger partial charge in [0.25, 0.3) is 0 Å². The maximum atomic E-state index is 13.2. The summed E-state index contributed by atoms with van der Waals surface area (Å²) in [6.45, 7) is 1.90. The van der Waals surface area contributed by atoms with Crippen molar-refractivity contribution in [2.24, 2.45) is 5.11 Å². The van der Waals surface area contributed by atoms with Crippen LogP contribution in [0.3, 0.4) is 0 Å². The van der Waals surface area contributed by atoms with Crippen LogP contribution in [0, 0.1) is 18.6 Å². The molecule has 84 valence electrons. The highest BCUT2D eigenvalue weighted by atomic mass is 19.1. The van der Waals surface area contributed by atoms with Gasteiger partial charge in [-0.05, 0) is 30.5 Å². The van der Waals surface area contributed by atoms with Gasteiger partial charge in [-0.3, -0.25) is 0 Å². The lowest BCUT2D eigenvalue weighted by Crippen LogP contribution is -1.89. The number of rotatable bonds is 4. The van der Waals surface area contributed by atoms with Gasteiger partial charge in [0, 0.05) is 23.1 Å². The number of hydrogen-bond acceptors (Lipinski definition) is 1. The van der Waals surface area contributed by atoms with E-state index >= 15 is 0 Å². The standard InChI is InChI=1S/C11H11F2N3/c1-8-6-9(11(13)7-10(8)12)4-2-3-5-15-16-14/h2,4,6-7H,3,5H2,1H3. The zero-order valence-corrected chi connectivity index (χ0v) is 8.82. The second-order valence-corrected chi connectivity index (χ2v) is 3.27. The molecule has 0 aromatic heterocycles. The van der Waals surface area contributed by atoms with Crippen molar-refractivity contribution in [2.75, 3.05) is 6.54 Å². The van der Waals surface area contributed by atoms with Crippen molar-refractivity contribution in [1.29, 1.82) is 0 Å². The Morgan fingerprint density at radius 3 is 2.81 bits per heavy atom. The largest absolute Gasteiger partial charge is 0.207 e. The second-order valence-electron chi connectivity index (χ2n) is 3.27. The Balaban J connectivity index is 2.73. The highest BCUT2D eigenvalue weighted by molar-refractivity contribution is 5.51. The number of aryl methyl sites for hydroxylation is 1. The number of halogens is 2. The van der Waals surface area contributed by atoms with Crippen LogP contribution in [-0.4, -0.2) is 6.54 Å². The molecule has 0 bridgehead atoms. The lowest BCUT2D eigenvalue weighted by Gasteiger charge is -2.00. The Bertz CT molecular complexity index is 449. The number of hydrogen-bond donors (Lipinski definition) is 0. The molecule has 0 radical (unpaired) electrons. The van der Waals surface area contributed by atoms with Crippen molar-refractivity contribution < 1.29 is 8.78 Å². The molecule has 1 aromatic carbocycles. The van der Waals surface area contributed by atoms with Gasteiger partial charge in [-0.1, -0.05) is 17.3 Å². The average Bonchev–Trinajstić information content (AvgIpc) is 2.25. The monoisotopic (exact) mass is 223 g/mol. The van der Waals surface area contributed by atoms with E-state index in [0.29, 0.717) is 24.1 Å². The highest BCUT2D eigenvalue weighted by Gasteiger charge is 2.03. The third kappa shape index (κ3) is 3.37. The minimum Gasteiger partial charge on any atom is -0.207 e. The normalized spacial score (nSPS) is 10.4. The fourth-order valence-corrected chi connectivity index (χ4v) is 1.19. The number of azide groups is 1. The molecule has 0 amide bonds. The maximum absolute atomic E-state index is 13.2. The van der Waals surface area contributed by atoms with Crippen LogP contribution in [0.5, 0.6) is 0 Å². The summed E-state index contributed by atoms with van der Waals surface area (Å²) in [7, 11) is 0. The molecule has 0 saturated carbocycles. The number of benzene rings is 1. The molecule has 0 aliphatic heterocycles. The van der Waals surface area contributed by atoms with Gasteiger partial charge in [-0.25, -0.2) is 8.78 Å². The lowest BCUT2D eigenvalue weighted by atomic mass is 10.1. The summed E-state index contributed by atoms with van der Waals surface area (Å²) in [5.74, 6) is -1.15. The summed E-state index contributed by atoms with van der Waals surface area (Å²) in [6, 6.07) is 2.30. The zero-order valence-electron chi connectivity index (χ0n) is 8.82. The van der Waals surface area contributed by atoms with Crippen LogP contribution in [0.15, 0.2) is 23.3 Å². The summed E-state index contributed by atoms with van der Waals surface area (Å²) in [6.07, 6.45) is 3.76. The summed E-state index contributed by atoms with van der Waals surface area (Å²) < 4.78 is 26.2. The molecule has 0 heterocycles. The first-order chi connectivity index (χ1) is 7.65. The Morgan fingerprint density at radius 2 is 2.12 bits per heavy atom. The first-order valence-corrected chi connectivity index (χ1v) is 4.78. The summed E-state index contributed by atoms with van der Waals surface area (Å²) in [4.78, 5) is 2.59. The van der Waals surface area contributed by atoms with Gasteiger partial charge in [-0.2, -0.15) is 0 Å². The van der Waals surface area contributed by atoms with Crippen LogP contribution < -0.4 is 0 Å². The van der Waals surface area contributed by atoms with Crippen molar-refractivity contribution in [3.8, 4) is 0 Å². The van der Waals surface area contributed by atoms with E-state index < -0.39 is 11.6 Å². The Hall–Kier alpha value is -1.87. The van der Waals surface area contributed by atoms with Gasteiger partial charge in [0.05, 0.1) is 0 Å². The smallest absolute Gasteiger partial charge is 0.133 e. The minimum atomic E-state index is -0.594. The van der Waals surface area contributed by atoms with E-state index in [1.54, 1.807) is 19.1 Å². The molecular formula is C11H11F2N3. The molecule has 0 saturated heterocycles. The first-order valence-electron chi connectivity index (χ1n) is 4.78. The van der Waals surface area contributed by atoms with Crippen LogP contribution in [0.25, 0.3) is 16.5 Å². The molecule has 0 aliphatic carbocycles. The van der Waals surface area contributed by atoms with Gasteiger partial charge < -0.3 is 0 Å². The maximum Gasteiger partial charge on any atom is 0.133 e. The van der Waals surface area contributed by atoms with E-state index in [1.165, 1.54) is 6.07 Å². The third-order valence-electron chi connectivity index (χ3n) is 2.03. The predicted octanol–water partition coefficient (Wildman–Crippen LogP) is 3.99. The fraction of sp³-hybridized carbons (Fsp3) is 0.273. The topological polar surface area (TPSA) is 48.8 Å². The predicted molar refractivity (Wildman–Crippen MR) is 58.8 cm³/mol. The van der Waals surface area contributed by atoms with Crippen molar-refractivity contribution >= 4 is 6.08 Å². The van der Waals surface area contributed by atoms with Crippen molar-refractivity contribution in [3.63, 3.8) is 0 Å². The third-order valence-corrected chi connectivity index (χ3v) is 2.03. The zero-order chi connectivity index (χ0) is 12.0. The quantitative estimate of drug-likeness (QED) is 0.321.